The molecule has 0 aliphatic heterocycles. The molecule has 2 N–H and O–H groups in total. The molecular formula is C16H26N4O. The molecule has 1 aromatic heterocycles. The predicted octanol–water partition coefficient (Wildman–Crippen LogP) is 1.88. The molecule has 1 aliphatic rings. The Kier molecular flexibility index (Phi) is 5.56. The van der Waals surface area contributed by atoms with Crippen LogP contribution in [0.25, 0.3) is 0 Å². The summed E-state index contributed by atoms with van der Waals surface area (Å²) in [4.78, 5) is 20.4. The molecule has 21 heavy (non-hydrogen) atoms. The summed E-state index contributed by atoms with van der Waals surface area (Å²) in [6.45, 7) is 1.63. The maximum Gasteiger partial charge on any atom is 0.254 e. The molecule has 1 aromatic rings. The number of pyridine rings is 1. The third kappa shape index (κ3) is 3.94. The molecule has 1 fully saturated rings. The summed E-state index contributed by atoms with van der Waals surface area (Å²) in [5.74, 6) is 0.953. The van der Waals surface area contributed by atoms with Gasteiger partial charge in [-0.3, -0.25) is 4.79 Å². The van der Waals surface area contributed by atoms with E-state index in [2.05, 4.69) is 9.88 Å². The predicted molar refractivity (Wildman–Crippen MR) is 85.5 cm³/mol. The van der Waals surface area contributed by atoms with Crippen molar-refractivity contribution >= 4 is 11.7 Å². The molecule has 1 amide bonds. The van der Waals surface area contributed by atoms with Crippen molar-refractivity contribution in [2.24, 2.45) is 5.73 Å². The van der Waals surface area contributed by atoms with Gasteiger partial charge in [0.2, 0.25) is 0 Å². The molecule has 0 saturated heterocycles. The summed E-state index contributed by atoms with van der Waals surface area (Å²) in [5, 5.41) is 0. The second-order valence-electron chi connectivity index (χ2n) is 5.88. The summed E-state index contributed by atoms with van der Waals surface area (Å²) in [7, 11) is 3.50. The number of amides is 1. The normalized spacial score (nSPS) is 15.2. The van der Waals surface area contributed by atoms with Crippen LogP contribution in [0.5, 0.6) is 0 Å². The van der Waals surface area contributed by atoms with Crippen molar-refractivity contribution in [2.75, 3.05) is 32.1 Å². The summed E-state index contributed by atoms with van der Waals surface area (Å²) in [6, 6.07) is 4.40. The van der Waals surface area contributed by atoms with Crippen LogP contribution < -0.4 is 10.6 Å². The molecule has 0 aromatic carbocycles. The van der Waals surface area contributed by atoms with Crippen molar-refractivity contribution in [1.82, 2.24) is 9.88 Å². The van der Waals surface area contributed by atoms with Gasteiger partial charge in [-0.1, -0.05) is 12.8 Å². The van der Waals surface area contributed by atoms with Gasteiger partial charge in [0.15, 0.2) is 0 Å². The lowest BCUT2D eigenvalue weighted by Gasteiger charge is -2.30. The van der Waals surface area contributed by atoms with Crippen LogP contribution in [-0.2, 0) is 0 Å². The van der Waals surface area contributed by atoms with Gasteiger partial charge in [-0.05, 0) is 37.9 Å². The first-order chi connectivity index (χ1) is 10.1. The summed E-state index contributed by atoms with van der Waals surface area (Å²) in [6.07, 6.45) is 7.69. The number of nitrogens with zero attached hydrogens (tertiary/aromatic N) is 3. The zero-order valence-corrected chi connectivity index (χ0v) is 13.1. The molecule has 0 atom stereocenters. The van der Waals surface area contributed by atoms with Gasteiger partial charge in [0.1, 0.15) is 5.82 Å². The molecule has 0 bridgehead atoms. The van der Waals surface area contributed by atoms with Gasteiger partial charge in [0, 0.05) is 32.9 Å². The summed E-state index contributed by atoms with van der Waals surface area (Å²) >= 11 is 0. The summed E-state index contributed by atoms with van der Waals surface area (Å²) < 4.78 is 0. The highest BCUT2D eigenvalue weighted by Gasteiger charge is 2.23. The Morgan fingerprint density at radius 3 is 2.57 bits per heavy atom. The van der Waals surface area contributed by atoms with Gasteiger partial charge in [-0.25, -0.2) is 4.98 Å². The van der Waals surface area contributed by atoms with Crippen LogP contribution >= 0.6 is 0 Å². The van der Waals surface area contributed by atoms with Crippen molar-refractivity contribution in [3.63, 3.8) is 0 Å². The highest BCUT2D eigenvalue weighted by atomic mass is 16.2. The van der Waals surface area contributed by atoms with Gasteiger partial charge in [0.25, 0.3) is 5.91 Å². The Balaban J connectivity index is 2.13. The second-order valence-corrected chi connectivity index (χ2v) is 5.88. The zero-order valence-electron chi connectivity index (χ0n) is 13.1. The van der Waals surface area contributed by atoms with Crippen LogP contribution in [0.3, 0.4) is 0 Å². The van der Waals surface area contributed by atoms with Crippen LogP contribution in [0.2, 0.25) is 0 Å². The maximum atomic E-state index is 11.9. The molecule has 0 radical (unpaired) electrons. The Bertz CT molecular complexity index is 452. The number of carbonyl (C=O) groups excluding carboxylic acids is 1. The lowest BCUT2D eigenvalue weighted by Crippen LogP contribution is -2.35. The molecule has 5 nitrogen and oxygen atoms in total. The molecule has 1 saturated carbocycles. The number of aromatic nitrogens is 1. The molecule has 2 rings (SSSR count). The molecule has 0 unspecified atom stereocenters. The largest absolute Gasteiger partial charge is 0.354 e. The monoisotopic (exact) mass is 290 g/mol. The number of hydrogen-bond donors (Lipinski definition) is 1. The topological polar surface area (TPSA) is 62.5 Å². The van der Waals surface area contributed by atoms with Crippen molar-refractivity contribution in [2.45, 2.75) is 38.1 Å². The Labute approximate surface area is 127 Å². The van der Waals surface area contributed by atoms with Crippen molar-refractivity contribution in [3.8, 4) is 0 Å². The van der Waals surface area contributed by atoms with Gasteiger partial charge >= 0.3 is 0 Å². The SMILES string of the molecule is CN(C)C(=O)c1ccc(N(CCCN)C2CCCC2)nc1. The number of anilines is 1. The van der Waals surface area contributed by atoms with Crippen molar-refractivity contribution < 1.29 is 4.79 Å². The minimum absolute atomic E-state index is 0.0107. The smallest absolute Gasteiger partial charge is 0.254 e. The maximum absolute atomic E-state index is 11.9. The first-order valence-corrected chi connectivity index (χ1v) is 7.78. The average Bonchev–Trinajstić information content (AvgIpc) is 3.01. The van der Waals surface area contributed by atoms with E-state index in [0.29, 0.717) is 18.2 Å². The van der Waals surface area contributed by atoms with E-state index in [1.54, 1.807) is 25.2 Å². The molecule has 0 spiro atoms. The lowest BCUT2D eigenvalue weighted by atomic mass is 10.2. The third-order valence-electron chi connectivity index (χ3n) is 4.06. The van der Waals surface area contributed by atoms with E-state index in [-0.39, 0.29) is 5.91 Å². The van der Waals surface area contributed by atoms with E-state index in [0.717, 1.165) is 18.8 Å². The fraction of sp³-hybridized carbons (Fsp3) is 0.625. The van der Waals surface area contributed by atoms with E-state index in [1.165, 1.54) is 25.7 Å². The first-order valence-electron chi connectivity index (χ1n) is 7.78. The molecule has 1 aliphatic carbocycles. The van der Waals surface area contributed by atoms with Crippen molar-refractivity contribution in [1.29, 1.82) is 0 Å². The van der Waals surface area contributed by atoms with Gasteiger partial charge in [-0.15, -0.1) is 0 Å². The fourth-order valence-electron chi connectivity index (χ4n) is 2.90. The quantitative estimate of drug-likeness (QED) is 0.869. The molecular weight excluding hydrogens is 264 g/mol. The minimum Gasteiger partial charge on any atom is -0.354 e. The molecule has 5 heteroatoms. The molecule has 1 heterocycles. The van der Waals surface area contributed by atoms with E-state index in [4.69, 9.17) is 5.73 Å². The van der Waals surface area contributed by atoms with Crippen LogP contribution in [0, 0.1) is 0 Å². The van der Waals surface area contributed by atoms with Gasteiger partial charge < -0.3 is 15.5 Å². The summed E-state index contributed by atoms with van der Waals surface area (Å²) in [5.41, 5.74) is 6.29. The highest BCUT2D eigenvalue weighted by molar-refractivity contribution is 5.93. The Morgan fingerprint density at radius 1 is 1.33 bits per heavy atom. The zero-order chi connectivity index (χ0) is 15.2. The van der Waals surface area contributed by atoms with E-state index in [1.807, 2.05) is 12.1 Å². The fourth-order valence-corrected chi connectivity index (χ4v) is 2.90. The standard InChI is InChI=1S/C16H26N4O/c1-19(2)16(21)13-8-9-15(18-12-13)20(11-5-10-17)14-6-3-4-7-14/h8-9,12,14H,3-7,10-11,17H2,1-2H3. The van der Waals surface area contributed by atoms with Crippen LogP contribution in [0.1, 0.15) is 42.5 Å². The second kappa shape index (κ2) is 7.41. The van der Waals surface area contributed by atoms with Crippen LogP contribution in [-0.4, -0.2) is 49.0 Å². The number of nitrogens with two attached hydrogens (primary N) is 1. The first kappa shape index (κ1) is 15.8. The number of carbonyl (C=O) groups is 1. The minimum atomic E-state index is -0.0107. The third-order valence-corrected chi connectivity index (χ3v) is 4.06. The van der Waals surface area contributed by atoms with E-state index in [9.17, 15) is 4.79 Å². The van der Waals surface area contributed by atoms with Crippen LogP contribution in [0.4, 0.5) is 5.82 Å². The van der Waals surface area contributed by atoms with Gasteiger partial charge in [-0.2, -0.15) is 0 Å². The number of rotatable bonds is 6. The Morgan fingerprint density at radius 2 is 2.05 bits per heavy atom. The average molecular weight is 290 g/mol. The van der Waals surface area contributed by atoms with E-state index >= 15 is 0 Å². The van der Waals surface area contributed by atoms with Crippen molar-refractivity contribution in [3.05, 3.63) is 23.9 Å². The number of hydrogen-bond acceptors (Lipinski definition) is 4. The van der Waals surface area contributed by atoms with E-state index < -0.39 is 0 Å². The van der Waals surface area contributed by atoms with Crippen LogP contribution in [0.15, 0.2) is 18.3 Å². The van der Waals surface area contributed by atoms with Gasteiger partial charge in [0.05, 0.1) is 5.56 Å². The molecule has 116 valence electrons. The Hall–Kier alpha value is -1.62. The highest BCUT2D eigenvalue weighted by Crippen LogP contribution is 2.27. The lowest BCUT2D eigenvalue weighted by molar-refractivity contribution is 0.0827.